The summed E-state index contributed by atoms with van der Waals surface area (Å²) in [6.07, 6.45) is 5.90. The van der Waals surface area contributed by atoms with E-state index >= 15 is 0 Å². The number of carboxylic acids is 1. The van der Waals surface area contributed by atoms with Crippen molar-refractivity contribution in [2.45, 2.75) is 64.5 Å². The first kappa shape index (κ1) is 17.8. The van der Waals surface area contributed by atoms with Gasteiger partial charge in [0.05, 0.1) is 0 Å². The van der Waals surface area contributed by atoms with Crippen molar-refractivity contribution in [3.8, 4) is 0 Å². The van der Waals surface area contributed by atoms with Crippen LogP contribution in [0.2, 0.25) is 0 Å². The van der Waals surface area contributed by atoms with Crippen LogP contribution in [-0.2, 0) is 4.79 Å². The second kappa shape index (κ2) is 9.60. The highest BCUT2D eigenvalue weighted by Crippen LogP contribution is 2.15. The molecule has 1 rings (SSSR count). The number of hydrogen-bond acceptors (Lipinski definition) is 3. The molecule has 21 heavy (non-hydrogen) atoms. The fourth-order valence-electron chi connectivity index (χ4n) is 2.73. The average molecular weight is 299 g/mol. The standard InChI is InChI=1S/C15H29N3O3/c1-3-7-13(14(19)20)17-15(21)16-9-6-11-18-10-5-4-8-12(18)2/h12-13H,3-11H2,1-2H3,(H,19,20)(H2,16,17,21)/t12?,13-/m1/s1. The molecule has 0 aromatic carbocycles. The molecule has 1 unspecified atom stereocenters. The van der Waals surface area contributed by atoms with Crippen molar-refractivity contribution in [1.82, 2.24) is 15.5 Å². The summed E-state index contributed by atoms with van der Waals surface area (Å²) in [5.41, 5.74) is 0. The number of hydrogen-bond donors (Lipinski definition) is 3. The quantitative estimate of drug-likeness (QED) is 0.597. The van der Waals surface area contributed by atoms with Gasteiger partial charge < -0.3 is 20.6 Å². The van der Waals surface area contributed by atoms with Crippen LogP contribution in [0.1, 0.15) is 52.4 Å². The van der Waals surface area contributed by atoms with Crippen LogP contribution >= 0.6 is 0 Å². The van der Waals surface area contributed by atoms with E-state index in [1.807, 2.05) is 6.92 Å². The van der Waals surface area contributed by atoms with Crippen LogP contribution in [0.3, 0.4) is 0 Å². The number of urea groups is 1. The average Bonchev–Trinajstić information content (AvgIpc) is 2.44. The molecule has 0 aliphatic carbocycles. The molecule has 6 nitrogen and oxygen atoms in total. The molecule has 3 N–H and O–H groups in total. The van der Waals surface area contributed by atoms with E-state index in [0.29, 0.717) is 19.0 Å². The zero-order valence-corrected chi connectivity index (χ0v) is 13.2. The van der Waals surface area contributed by atoms with Gasteiger partial charge in [0.25, 0.3) is 0 Å². The topological polar surface area (TPSA) is 81.7 Å². The van der Waals surface area contributed by atoms with Gasteiger partial charge in [-0.25, -0.2) is 9.59 Å². The summed E-state index contributed by atoms with van der Waals surface area (Å²) in [6, 6.07) is -0.548. The second-order valence-corrected chi connectivity index (χ2v) is 5.81. The van der Waals surface area contributed by atoms with Gasteiger partial charge in [-0.15, -0.1) is 0 Å². The van der Waals surface area contributed by atoms with Gasteiger partial charge in [0, 0.05) is 19.1 Å². The Kier molecular flexibility index (Phi) is 8.12. The van der Waals surface area contributed by atoms with Gasteiger partial charge in [-0.3, -0.25) is 0 Å². The molecule has 122 valence electrons. The molecule has 0 aromatic heterocycles. The molecule has 6 heteroatoms. The number of carbonyl (C=O) groups is 2. The number of piperidine rings is 1. The third kappa shape index (κ3) is 6.80. The zero-order chi connectivity index (χ0) is 15.7. The number of nitrogens with one attached hydrogen (secondary N) is 2. The number of rotatable bonds is 8. The third-order valence-corrected chi connectivity index (χ3v) is 4.03. The summed E-state index contributed by atoms with van der Waals surface area (Å²) >= 11 is 0. The largest absolute Gasteiger partial charge is 0.480 e. The van der Waals surface area contributed by atoms with Crippen LogP contribution in [0.5, 0.6) is 0 Å². The summed E-state index contributed by atoms with van der Waals surface area (Å²) in [6.45, 7) is 6.86. The van der Waals surface area contributed by atoms with Crippen LogP contribution in [-0.4, -0.2) is 53.7 Å². The molecular formula is C15H29N3O3. The van der Waals surface area contributed by atoms with E-state index in [-0.39, 0.29) is 6.03 Å². The van der Waals surface area contributed by atoms with Gasteiger partial charge in [-0.05, 0) is 39.2 Å². The fourth-order valence-corrected chi connectivity index (χ4v) is 2.73. The van der Waals surface area contributed by atoms with Crippen molar-refractivity contribution in [3.05, 3.63) is 0 Å². The molecule has 1 aliphatic rings. The molecule has 0 bridgehead atoms. The number of likely N-dealkylation sites (tertiary alicyclic amines) is 1. The normalized spacial score (nSPS) is 20.8. The van der Waals surface area contributed by atoms with Crippen LogP contribution < -0.4 is 10.6 Å². The minimum absolute atomic E-state index is 0.387. The van der Waals surface area contributed by atoms with Gasteiger partial charge in [-0.1, -0.05) is 19.8 Å². The molecule has 2 amide bonds. The molecule has 1 saturated heterocycles. The molecule has 1 aliphatic heterocycles. The van der Waals surface area contributed by atoms with Crippen LogP contribution in [0.25, 0.3) is 0 Å². The third-order valence-electron chi connectivity index (χ3n) is 4.03. The van der Waals surface area contributed by atoms with E-state index in [1.165, 1.54) is 19.3 Å². The van der Waals surface area contributed by atoms with E-state index in [9.17, 15) is 9.59 Å². The highest BCUT2D eigenvalue weighted by atomic mass is 16.4. The Morgan fingerprint density at radius 3 is 2.76 bits per heavy atom. The molecule has 1 heterocycles. The van der Waals surface area contributed by atoms with Crippen LogP contribution in [0, 0.1) is 0 Å². The molecule has 1 fully saturated rings. The monoisotopic (exact) mass is 299 g/mol. The minimum atomic E-state index is -0.978. The Balaban J connectivity index is 2.16. The number of amides is 2. The molecule has 0 spiro atoms. The lowest BCUT2D eigenvalue weighted by Crippen LogP contribution is -2.46. The van der Waals surface area contributed by atoms with Crippen LogP contribution in [0.4, 0.5) is 4.79 Å². The molecule has 0 saturated carbocycles. The fraction of sp³-hybridized carbons (Fsp3) is 0.867. The molecular weight excluding hydrogens is 270 g/mol. The van der Waals surface area contributed by atoms with E-state index < -0.39 is 12.0 Å². The van der Waals surface area contributed by atoms with Crippen molar-refractivity contribution >= 4 is 12.0 Å². The number of aliphatic carboxylic acids is 1. The van der Waals surface area contributed by atoms with Gasteiger partial charge in [-0.2, -0.15) is 0 Å². The van der Waals surface area contributed by atoms with Crippen molar-refractivity contribution in [2.24, 2.45) is 0 Å². The van der Waals surface area contributed by atoms with Crippen LogP contribution in [0.15, 0.2) is 0 Å². The van der Waals surface area contributed by atoms with Gasteiger partial charge >= 0.3 is 12.0 Å². The van der Waals surface area contributed by atoms with E-state index in [2.05, 4.69) is 22.5 Å². The SMILES string of the molecule is CCC[C@@H](NC(=O)NCCCN1CCCCC1C)C(=O)O. The molecule has 0 aromatic rings. The molecule has 0 radical (unpaired) electrons. The summed E-state index contributed by atoms with van der Waals surface area (Å²) in [4.78, 5) is 25.1. The Labute approximate surface area is 127 Å². The second-order valence-electron chi connectivity index (χ2n) is 5.81. The lowest BCUT2D eigenvalue weighted by molar-refractivity contribution is -0.139. The first-order valence-corrected chi connectivity index (χ1v) is 8.05. The predicted octanol–water partition coefficient (Wildman–Crippen LogP) is 1.80. The Morgan fingerprint density at radius 1 is 1.38 bits per heavy atom. The van der Waals surface area contributed by atoms with Gasteiger partial charge in [0.1, 0.15) is 6.04 Å². The van der Waals surface area contributed by atoms with Gasteiger partial charge in [0.2, 0.25) is 0 Å². The maximum absolute atomic E-state index is 11.6. The first-order valence-electron chi connectivity index (χ1n) is 8.05. The number of carbonyl (C=O) groups excluding carboxylic acids is 1. The zero-order valence-electron chi connectivity index (χ0n) is 13.2. The van der Waals surface area contributed by atoms with E-state index in [4.69, 9.17) is 5.11 Å². The highest BCUT2D eigenvalue weighted by molar-refractivity contribution is 5.82. The smallest absolute Gasteiger partial charge is 0.326 e. The van der Waals surface area contributed by atoms with Crippen molar-refractivity contribution in [1.29, 1.82) is 0 Å². The number of carboxylic acid groups (broad SMARTS) is 1. The highest BCUT2D eigenvalue weighted by Gasteiger charge is 2.19. The lowest BCUT2D eigenvalue weighted by atomic mass is 10.0. The Hall–Kier alpha value is -1.30. The number of nitrogens with zero attached hydrogens (tertiary/aromatic N) is 1. The molecule has 2 atom stereocenters. The van der Waals surface area contributed by atoms with E-state index in [0.717, 1.165) is 25.9 Å². The lowest BCUT2D eigenvalue weighted by Gasteiger charge is -2.33. The Bertz CT molecular complexity index is 336. The summed E-state index contributed by atoms with van der Waals surface area (Å²) in [7, 11) is 0. The van der Waals surface area contributed by atoms with Crippen molar-refractivity contribution in [3.63, 3.8) is 0 Å². The summed E-state index contributed by atoms with van der Waals surface area (Å²) in [5.74, 6) is -0.978. The van der Waals surface area contributed by atoms with E-state index in [1.54, 1.807) is 0 Å². The maximum atomic E-state index is 11.6. The Morgan fingerprint density at radius 2 is 2.14 bits per heavy atom. The van der Waals surface area contributed by atoms with Crippen molar-refractivity contribution in [2.75, 3.05) is 19.6 Å². The first-order chi connectivity index (χ1) is 10.0. The minimum Gasteiger partial charge on any atom is -0.480 e. The maximum Gasteiger partial charge on any atom is 0.326 e. The van der Waals surface area contributed by atoms with Crippen molar-refractivity contribution < 1.29 is 14.7 Å². The van der Waals surface area contributed by atoms with Gasteiger partial charge in [0.15, 0.2) is 0 Å². The summed E-state index contributed by atoms with van der Waals surface area (Å²) < 4.78 is 0. The summed E-state index contributed by atoms with van der Waals surface area (Å²) in [5, 5.41) is 14.2. The predicted molar refractivity (Wildman–Crippen MR) is 82.4 cm³/mol.